The molecule has 0 nitrogen and oxygen atoms in total. The van der Waals surface area contributed by atoms with E-state index in [9.17, 15) is 0 Å². The smallest absolute Gasteiger partial charge is 0.0359 e. The molecule has 0 aromatic rings. The molecular formula is C7H7Br. The number of rotatable bonds is 0. The van der Waals surface area contributed by atoms with Crippen molar-refractivity contribution in [3.8, 4) is 0 Å². The third kappa shape index (κ3) is 0.266. The van der Waals surface area contributed by atoms with Gasteiger partial charge in [-0.05, 0) is 23.7 Å². The highest BCUT2D eigenvalue weighted by Gasteiger charge is 2.74. The van der Waals surface area contributed by atoms with Crippen LogP contribution in [0.15, 0.2) is 12.2 Å². The lowest BCUT2D eigenvalue weighted by Crippen LogP contribution is -2.13. The van der Waals surface area contributed by atoms with Crippen molar-refractivity contribution in [2.45, 2.75) is 4.83 Å². The number of fused-ring (bicyclic) bond motifs is 1. The summed E-state index contributed by atoms with van der Waals surface area (Å²) in [5.74, 6) is 4.35. The highest BCUT2D eigenvalue weighted by Crippen LogP contribution is 2.77. The topological polar surface area (TPSA) is 0 Å². The molecule has 0 heterocycles. The highest BCUT2D eigenvalue weighted by molar-refractivity contribution is 9.09. The monoisotopic (exact) mass is 170 g/mol. The van der Waals surface area contributed by atoms with Gasteiger partial charge in [-0.1, -0.05) is 28.1 Å². The van der Waals surface area contributed by atoms with E-state index in [4.69, 9.17) is 0 Å². The second-order valence-corrected chi connectivity index (χ2v) is 4.20. The first-order valence-corrected chi connectivity index (χ1v) is 4.13. The number of allylic oxidation sites excluding steroid dienone is 2. The predicted octanol–water partition coefficient (Wildman–Crippen LogP) is 1.81. The summed E-state index contributed by atoms with van der Waals surface area (Å²) in [4.78, 5) is 0.738. The molecule has 42 valence electrons. The van der Waals surface area contributed by atoms with Crippen molar-refractivity contribution in [3.05, 3.63) is 12.2 Å². The zero-order valence-corrected chi connectivity index (χ0v) is 6.01. The van der Waals surface area contributed by atoms with Crippen LogP contribution in [0.2, 0.25) is 0 Å². The number of alkyl halides is 1. The summed E-state index contributed by atoms with van der Waals surface area (Å²) >= 11 is 3.63. The molecule has 0 amide bonds. The zero-order chi connectivity index (χ0) is 5.30. The molecule has 0 saturated heterocycles. The van der Waals surface area contributed by atoms with Crippen molar-refractivity contribution in [1.82, 2.24) is 0 Å². The molecule has 4 aliphatic rings. The zero-order valence-electron chi connectivity index (χ0n) is 4.42. The summed E-state index contributed by atoms with van der Waals surface area (Å²) in [6.45, 7) is 0. The van der Waals surface area contributed by atoms with Crippen LogP contribution in [0.5, 0.6) is 0 Å². The van der Waals surface area contributed by atoms with Gasteiger partial charge in [0.05, 0.1) is 0 Å². The maximum absolute atomic E-state index is 3.63. The van der Waals surface area contributed by atoms with Gasteiger partial charge in [-0.2, -0.15) is 0 Å². The first kappa shape index (κ1) is 4.10. The molecule has 2 bridgehead atoms. The minimum atomic E-state index is 0.738. The highest BCUT2D eigenvalue weighted by atomic mass is 79.9. The van der Waals surface area contributed by atoms with Gasteiger partial charge in [-0.3, -0.25) is 0 Å². The molecule has 0 radical (unpaired) electrons. The van der Waals surface area contributed by atoms with Gasteiger partial charge in [-0.25, -0.2) is 0 Å². The first-order chi connectivity index (χ1) is 3.89. The van der Waals surface area contributed by atoms with E-state index in [1.165, 1.54) is 0 Å². The Balaban J connectivity index is 2.05. The average molecular weight is 171 g/mol. The lowest BCUT2D eigenvalue weighted by Gasteiger charge is -2.17. The first-order valence-electron chi connectivity index (χ1n) is 3.22. The molecular weight excluding hydrogens is 164 g/mol. The Labute approximate surface area is 57.1 Å². The summed E-state index contributed by atoms with van der Waals surface area (Å²) in [6, 6.07) is 0. The maximum atomic E-state index is 3.63. The predicted molar refractivity (Wildman–Crippen MR) is 35.8 cm³/mol. The molecule has 0 aromatic heterocycles. The fourth-order valence-corrected chi connectivity index (χ4v) is 3.06. The second kappa shape index (κ2) is 0.942. The Kier molecular flexibility index (Phi) is 0.483. The van der Waals surface area contributed by atoms with Crippen LogP contribution in [0.25, 0.3) is 0 Å². The number of hydrogen-bond acceptors (Lipinski definition) is 0. The van der Waals surface area contributed by atoms with Crippen LogP contribution in [-0.4, -0.2) is 4.83 Å². The Morgan fingerprint density at radius 3 is 2.12 bits per heavy atom. The van der Waals surface area contributed by atoms with Crippen molar-refractivity contribution >= 4 is 15.9 Å². The number of hydrogen-bond donors (Lipinski definition) is 0. The van der Waals surface area contributed by atoms with E-state index in [0.29, 0.717) is 0 Å². The van der Waals surface area contributed by atoms with Crippen molar-refractivity contribution in [1.29, 1.82) is 0 Å². The lowest BCUT2D eigenvalue weighted by molar-refractivity contribution is 0.530. The van der Waals surface area contributed by atoms with Crippen molar-refractivity contribution in [2.75, 3.05) is 0 Å². The van der Waals surface area contributed by atoms with Gasteiger partial charge in [0.15, 0.2) is 0 Å². The summed E-state index contributed by atoms with van der Waals surface area (Å²) < 4.78 is 0. The average Bonchev–Trinajstić information content (AvgIpc) is 2.48. The Morgan fingerprint density at radius 2 is 1.75 bits per heavy atom. The molecule has 2 fully saturated rings. The van der Waals surface area contributed by atoms with Gasteiger partial charge in [0.2, 0.25) is 0 Å². The molecule has 0 aliphatic heterocycles. The fraction of sp³-hybridized carbons (Fsp3) is 0.714. The third-order valence-corrected chi connectivity index (χ3v) is 3.74. The van der Waals surface area contributed by atoms with Gasteiger partial charge >= 0.3 is 0 Å². The van der Waals surface area contributed by atoms with E-state index >= 15 is 0 Å². The molecule has 3 unspecified atom stereocenters. The van der Waals surface area contributed by atoms with Crippen LogP contribution < -0.4 is 0 Å². The standard InChI is InChI=1S/C7H7Br/c8-4-2-1-3-5-6(3)7(4)5/h1-7H. The third-order valence-electron chi connectivity index (χ3n) is 2.83. The van der Waals surface area contributed by atoms with Crippen molar-refractivity contribution in [2.24, 2.45) is 23.7 Å². The summed E-state index contributed by atoms with van der Waals surface area (Å²) in [5, 5.41) is 0. The van der Waals surface area contributed by atoms with Crippen LogP contribution in [0.1, 0.15) is 0 Å². The van der Waals surface area contributed by atoms with E-state index < -0.39 is 0 Å². The Morgan fingerprint density at radius 1 is 1.00 bits per heavy atom. The number of halogens is 1. The molecule has 1 heteroatoms. The minimum absolute atomic E-state index is 0.738. The molecule has 3 atom stereocenters. The van der Waals surface area contributed by atoms with Gasteiger partial charge in [0.25, 0.3) is 0 Å². The van der Waals surface area contributed by atoms with Crippen LogP contribution in [-0.2, 0) is 0 Å². The van der Waals surface area contributed by atoms with E-state index in [-0.39, 0.29) is 0 Å². The molecule has 2 saturated carbocycles. The lowest BCUT2D eigenvalue weighted by atomic mass is 9.95. The largest absolute Gasteiger partial charge is 0.0842 e. The van der Waals surface area contributed by atoms with Crippen molar-refractivity contribution in [3.63, 3.8) is 0 Å². The maximum Gasteiger partial charge on any atom is 0.0359 e. The van der Waals surface area contributed by atoms with Gasteiger partial charge in [-0.15, -0.1) is 0 Å². The van der Waals surface area contributed by atoms with Crippen LogP contribution in [0.4, 0.5) is 0 Å². The van der Waals surface area contributed by atoms with Gasteiger partial charge in [0.1, 0.15) is 0 Å². The summed E-state index contributed by atoms with van der Waals surface area (Å²) in [6.07, 6.45) is 4.70. The minimum Gasteiger partial charge on any atom is -0.0842 e. The summed E-state index contributed by atoms with van der Waals surface area (Å²) in [7, 11) is 0. The quantitative estimate of drug-likeness (QED) is 0.385. The van der Waals surface area contributed by atoms with E-state index in [1.54, 1.807) is 0 Å². The van der Waals surface area contributed by atoms with Crippen LogP contribution in [0, 0.1) is 23.7 Å². The van der Waals surface area contributed by atoms with Crippen LogP contribution >= 0.6 is 15.9 Å². The molecule has 8 heavy (non-hydrogen) atoms. The van der Waals surface area contributed by atoms with Crippen LogP contribution in [0.3, 0.4) is 0 Å². The van der Waals surface area contributed by atoms with Gasteiger partial charge < -0.3 is 0 Å². The molecule has 4 rings (SSSR count). The second-order valence-electron chi connectivity index (χ2n) is 3.14. The normalized spacial score (nSPS) is 71.9. The summed E-state index contributed by atoms with van der Waals surface area (Å²) in [5.41, 5.74) is 0. The van der Waals surface area contributed by atoms with E-state index in [2.05, 4.69) is 28.1 Å². The molecule has 0 N–H and O–H groups in total. The van der Waals surface area contributed by atoms with Crippen molar-refractivity contribution < 1.29 is 0 Å². The SMILES string of the molecule is BrC1C=CC2C3C1C23. The molecule has 0 aromatic carbocycles. The molecule has 0 spiro atoms. The fourth-order valence-electron chi connectivity index (χ4n) is 2.18. The Bertz CT molecular complexity index is 163. The van der Waals surface area contributed by atoms with E-state index in [0.717, 1.165) is 28.5 Å². The van der Waals surface area contributed by atoms with E-state index in [1.807, 2.05) is 0 Å². The Hall–Kier alpha value is 0.220. The molecule has 4 aliphatic carbocycles. The van der Waals surface area contributed by atoms with Gasteiger partial charge in [0, 0.05) is 4.83 Å².